The molecule has 3 atom stereocenters. The van der Waals surface area contributed by atoms with Crippen molar-refractivity contribution < 1.29 is 29.0 Å². The molecule has 2 fully saturated rings. The van der Waals surface area contributed by atoms with Crippen LogP contribution in [0.4, 0.5) is 0 Å². The van der Waals surface area contributed by atoms with Crippen LogP contribution in [-0.2, 0) is 19.9 Å². The standard InChI is InChI=1S/C20H27NO5/c1-21(14-18(22)23)12-11-17(13-21)26-19(24)20(25,16-9-5-6-10-16)15-7-3-2-4-8-15/h2-4,7-8,16-17,25H,5-6,9-14H2,1H3/p+1/t17-,20?,21?/m1/s1. The largest absolute Gasteiger partial charge is 0.477 e. The number of aliphatic carboxylic acids is 1. The molecule has 0 bridgehead atoms. The number of carboxylic acid groups (broad SMARTS) is 1. The number of hydrogen-bond acceptors (Lipinski definition) is 4. The van der Waals surface area contributed by atoms with Crippen LogP contribution in [0.15, 0.2) is 30.3 Å². The van der Waals surface area contributed by atoms with E-state index in [1.54, 1.807) is 12.1 Å². The first-order valence-electron chi connectivity index (χ1n) is 9.38. The van der Waals surface area contributed by atoms with E-state index in [-0.39, 0.29) is 18.6 Å². The van der Waals surface area contributed by atoms with Crippen molar-refractivity contribution in [3.63, 3.8) is 0 Å². The number of nitrogens with zero attached hydrogens (tertiary/aromatic N) is 1. The molecule has 2 N–H and O–H groups in total. The Kier molecular flexibility index (Phi) is 5.34. The highest BCUT2D eigenvalue weighted by atomic mass is 16.6. The molecule has 6 nitrogen and oxygen atoms in total. The summed E-state index contributed by atoms with van der Waals surface area (Å²) in [7, 11) is 1.86. The summed E-state index contributed by atoms with van der Waals surface area (Å²) in [5.74, 6) is -1.59. The molecule has 142 valence electrons. The monoisotopic (exact) mass is 362 g/mol. The lowest BCUT2D eigenvalue weighted by Crippen LogP contribution is -2.48. The van der Waals surface area contributed by atoms with Crippen LogP contribution in [0, 0.1) is 5.92 Å². The summed E-state index contributed by atoms with van der Waals surface area (Å²) in [6, 6.07) is 9.05. The summed E-state index contributed by atoms with van der Waals surface area (Å²) in [6.07, 6.45) is 3.87. The number of esters is 1. The highest BCUT2D eigenvalue weighted by Crippen LogP contribution is 2.42. The summed E-state index contributed by atoms with van der Waals surface area (Å²) in [5.41, 5.74) is -1.05. The lowest BCUT2D eigenvalue weighted by Gasteiger charge is -2.33. The molecule has 1 saturated heterocycles. The lowest BCUT2D eigenvalue weighted by molar-refractivity contribution is -0.891. The van der Waals surface area contributed by atoms with Gasteiger partial charge in [0.1, 0.15) is 6.54 Å². The number of quaternary nitrogens is 1. The van der Waals surface area contributed by atoms with Crippen LogP contribution in [0.5, 0.6) is 0 Å². The molecule has 1 aliphatic heterocycles. The Balaban J connectivity index is 1.76. The third kappa shape index (κ3) is 3.76. The average molecular weight is 362 g/mol. The SMILES string of the molecule is C[N+]1(CC(=O)O)CC[C@@H](OC(=O)C(O)(c2ccccc2)C2CCCC2)C1. The Morgan fingerprint density at radius 2 is 1.85 bits per heavy atom. The van der Waals surface area contributed by atoms with Gasteiger partial charge in [-0.2, -0.15) is 0 Å². The van der Waals surface area contributed by atoms with E-state index in [0.29, 0.717) is 29.6 Å². The lowest BCUT2D eigenvalue weighted by atomic mass is 9.80. The Morgan fingerprint density at radius 1 is 1.19 bits per heavy atom. The predicted molar refractivity (Wildman–Crippen MR) is 95.2 cm³/mol. The van der Waals surface area contributed by atoms with E-state index in [1.165, 1.54) is 0 Å². The van der Waals surface area contributed by atoms with Crippen LogP contribution in [0.25, 0.3) is 0 Å². The second kappa shape index (κ2) is 7.37. The number of carbonyl (C=O) groups is 2. The molecule has 2 aliphatic rings. The van der Waals surface area contributed by atoms with E-state index in [9.17, 15) is 14.7 Å². The smallest absolute Gasteiger partial charge is 0.359 e. The van der Waals surface area contributed by atoms with Gasteiger partial charge in [0.2, 0.25) is 0 Å². The van der Waals surface area contributed by atoms with E-state index < -0.39 is 17.5 Å². The van der Waals surface area contributed by atoms with Crippen LogP contribution >= 0.6 is 0 Å². The minimum Gasteiger partial charge on any atom is -0.477 e. The normalized spacial score (nSPS) is 28.6. The topological polar surface area (TPSA) is 83.8 Å². The molecule has 1 aliphatic carbocycles. The quantitative estimate of drug-likeness (QED) is 0.597. The molecular weight excluding hydrogens is 334 g/mol. The highest BCUT2D eigenvalue weighted by Gasteiger charge is 2.49. The molecule has 1 heterocycles. The Bertz CT molecular complexity index is 657. The first-order chi connectivity index (χ1) is 12.3. The number of benzene rings is 1. The fourth-order valence-electron chi connectivity index (χ4n) is 4.49. The second-order valence-corrected chi connectivity index (χ2v) is 8.01. The van der Waals surface area contributed by atoms with E-state index >= 15 is 0 Å². The summed E-state index contributed by atoms with van der Waals surface area (Å²) in [4.78, 5) is 24.1. The zero-order valence-corrected chi connectivity index (χ0v) is 15.3. The minimum atomic E-state index is -1.63. The molecule has 0 aromatic heterocycles. The van der Waals surface area contributed by atoms with Gasteiger partial charge in [0, 0.05) is 12.3 Å². The van der Waals surface area contributed by atoms with Gasteiger partial charge in [0.05, 0.1) is 13.6 Å². The molecule has 26 heavy (non-hydrogen) atoms. The maximum Gasteiger partial charge on any atom is 0.359 e. The van der Waals surface area contributed by atoms with Crippen molar-refractivity contribution in [1.82, 2.24) is 0 Å². The number of rotatable bonds is 6. The van der Waals surface area contributed by atoms with Crippen LogP contribution in [0.3, 0.4) is 0 Å². The van der Waals surface area contributed by atoms with Gasteiger partial charge in [-0.25, -0.2) is 9.59 Å². The van der Waals surface area contributed by atoms with E-state index in [0.717, 1.165) is 25.7 Å². The average Bonchev–Trinajstić information content (AvgIpc) is 3.25. The Morgan fingerprint density at radius 3 is 2.46 bits per heavy atom. The van der Waals surface area contributed by atoms with Gasteiger partial charge in [0.25, 0.3) is 0 Å². The van der Waals surface area contributed by atoms with Crippen molar-refractivity contribution in [1.29, 1.82) is 0 Å². The first-order valence-corrected chi connectivity index (χ1v) is 9.38. The molecular formula is C20H28NO5+. The Hall–Kier alpha value is -1.92. The predicted octanol–water partition coefficient (Wildman–Crippen LogP) is 1.91. The molecule has 2 unspecified atom stereocenters. The maximum atomic E-state index is 13.0. The molecule has 1 saturated carbocycles. The highest BCUT2D eigenvalue weighted by molar-refractivity contribution is 5.81. The van der Waals surface area contributed by atoms with Crippen LogP contribution < -0.4 is 0 Å². The number of carboxylic acids is 1. The number of carbonyl (C=O) groups excluding carboxylic acids is 1. The fraction of sp³-hybridized carbons (Fsp3) is 0.600. The number of likely N-dealkylation sites (N-methyl/N-ethyl adjacent to an activating group) is 1. The van der Waals surface area contributed by atoms with Crippen molar-refractivity contribution in [3.05, 3.63) is 35.9 Å². The number of likely N-dealkylation sites (tertiary alicyclic amines) is 1. The van der Waals surface area contributed by atoms with Gasteiger partial charge in [0.15, 0.2) is 18.2 Å². The fourth-order valence-corrected chi connectivity index (χ4v) is 4.49. The van der Waals surface area contributed by atoms with E-state index in [2.05, 4.69) is 0 Å². The Labute approximate surface area is 154 Å². The van der Waals surface area contributed by atoms with Crippen molar-refractivity contribution >= 4 is 11.9 Å². The van der Waals surface area contributed by atoms with Gasteiger partial charge >= 0.3 is 11.9 Å². The number of ether oxygens (including phenoxy) is 1. The molecule has 0 radical (unpaired) electrons. The van der Waals surface area contributed by atoms with Crippen molar-refractivity contribution in [2.24, 2.45) is 5.92 Å². The zero-order valence-electron chi connectivity index (χ0n) is 15.3. The van der Waals surface area contributed by atoms with Crippen LogP contribution in [-0.4, -0.2) is 59.4 Å². The minimum absolute atomic E-state index is 0.0135. The summed E-state index contributed by atoms with van der Waals surface area (Å²) >= 11 is 0. The second-order valence-electron chi connectivity index (χ2n) is 8.01. The molecule has 3 rings (SSSR count). The van der Waals surface area contributed by atoms with Gasteiger partial charge < -0.3 is 19.4 Å². The molecule has 0 amide bonds. The van der Waals surface area contributed by atoms with Crippen molar-refractivity contribution in [2.75, 3.05) is 26.7 Å². The van der Waals surface area contributed by atoms with Gasteiger partial charge in [-0.05, 0) is 18.4 Å². The molecule has 6 heteroatoms. The third-order valence-electron chi connectivity index (χ3n) is 5.90. The van der Waals surface area contributed by atoms with E-state index in [4.69, 9.17) is 9.84 Å². The molecule has 1 aromatic carbocycles. The van der Waals surface area contributed by atoms with Gasteiger partial charge in [-0.3, -0.25) is 0 Å². The third-order valence-corrected chi connectivity index (χ3v) is 5.90. The summed E-state index contributed by atoms with van der Waals surface area (Å²) < 4.78 is 6.07. The summed E-state index contributed by atoms with van der Waals surface area (Å²) in [5, 5.41) is 20.5. The van der Waals surface area contributed by atoms with Crippen LogP contribution in [0.2, 0.25) is 0 Å². The van der Waals surface area contributed by atoms with Gasteiger partial charge in [-0.1, -0.05) is 43.2 Å². The maximum absolute atomic E-state index is 13.0. The summed E-state index contributed by atoms with van der Waals surface area (Å²) in [6.45, 7) is 1.13. The number of aliphatic hydroxyl groups is 1. The number of hydrogen-bond donors (Lipinski definition) is 2. The van der Waals surface area contributed by atoms with E-state index in [1.807, 2.05) is 25.2 Å². The first kappa shape index (κ1) is 18.9. The molecule has 1 aromatic rings. The van der Waals surface area contributed by atoms with Crippen molar-refractivity contribution in [2.45, 2.75) is 43.8 Å². The van der Waals surface area contributed by atoms with Crippen LogP contribution in [0.1, 0.15) is 37.7 Å². The zero-order chi connectivity index (χ0) is 18.8. The van der Waals surface area contributed by atoms with Gasteiger partial charge in [-0.15, -0.1) is 0 Å². The van der Waals surface area contributed by atoms with Crippen molar-refractivity contribution in [3.8, 4) is 0 Å². The molecule has 0 spiro atoms.